The van der Waals surface area contributed by atoms with Crippen molar-refractivity contribution >= 4 is 29.3 Å². The number of hydrogen-bond donors (Lipinski definition) is 1. The minimum atomic E-state index is -0.660. The van der Waals surface area contributed by atoms with Gasteiger partial charge in [0.05, 0.1) is 0 Å². The van der Waals surface area contributed by atoms with Gasteiger partial charge in [0.25, 0.3) is 5.91 Å². The fourth-order valence-corrected chi connectivity index (χ4v) is 3.54. The highest BCUT2D eigenvalue weighted by Gasteiger charge is 2.28. The van der Waals surface area contributed by atoms with Crippen molar-refractivity contribution < 1.29 is 14.3 Å². The van der Waals surface area contributed by atoms with Gasteiger partial charge in [-0.1, -0.05) is 48.0 Å². The Labute approximate surface area is 188 Å². The summed E-state index contributed by atoms with van der Waals surface area (Å²) < 4.78 is 7.58. The number of rotatable bonds is 5. The molecule has 0 spiro atoms. The Morgan fingerprint density at radius 2 is 1.71 bits per heavy atom. The maximum Gasteiger partial charge on any atom is 0.342 e. The van der Waals surface area contributed by atoms with Gasteiger partial charge in [-0.3, -0.25) is 4.79 Å². The smallest absolute Gasteiger partial charge is 0.342 e. The molecule has 2 aromatic carbocycles. The van der Waals surface area contributed by atoms with Crippen molar-refractivity contribution in [1.29, 1.82) is 0 Å². The quantitative estimate of drug-likeness (QED) is 0.496. The summed E-state index contributed by atoms with van der Waals surface area (Å²) in [4.78, 5) is 26.1. The van der Waals surface area contributed by atoms with Gasteiger partial charge in [0.2, 0.25) is 0 Å². The molecule has 0 atom stereocenters. The first-order valence-electron chi connectivity index (χ1n) is 10.1. The molecule has 0 saturated heterocycles. The molecular formula is C25H27ClN2O3. The molecule has 31 heavy (non-hydrogen) atoms. The summed E-state index contributed by atoms with van der Waals surface area (Å²) in [6, 6.07) is 16.6. The van der Waals surface area contributed by atoms with Crippen molar-refractivity contribution in [1.82, 2.24) is 4.57 Å². The van der Waals surface area contributed by atoms with Crippen LogP contribution in [-0.4, -0.2) is 22.0 Å². The number of benzene rings is 2. The Hall–Kier alpha value is -3.05. The van der Waals surface area contributed by atoms with Crippen molar-refractivity contribution in [2.24, 2.45) is 0 Å². The van der Waals surface area contributed by atoms with E-state index < -0.39 is 11.6 Å². The highest BCUT2D eigenvalue weighted by molar-refractivity contribution is 6.31. The fraction of sp³-hybridized carbons (Fsp3) is 0.280. The number of carbonyl (C=O) groups is 2. The molecule has 0 aliphatic rings. The van der Waals surface area contributed by atoms with Crippen LogP contribution >= 0.6 is 11.6 Å². The highest BCUT2D eigenvalue weighted by Crippen LogP contribution is 2.30. The van der Waals surface area contributed by atoms with Crippen LogP contribution in [0, 0.1) is 13.8 Å². The molecule has 6 heteroatoms. The number of ether oxygens (including phenoxy) is 1. The fourth-order valence-electron chi connectivity index (χ4n) is 3.35. The summed E-state index contributed by atoms with van der Waals surface area (Å²) in [5.74, 6) is -0.404. The van der Waals surface area contributed by atoms with Crippen LogP contribution in [0.25, 0.3) is 0 Å². The van der Waals surface area contributed by atoms with E-state index in [0.717, 1.165) is 16.8 Å². The van der Waals surface area contributed by atoms with E-state index in [2.05, 4.69) is 5.32 Å². The molecule has 1 aromatic heterocycles. The normalized spacial score (nSPS) is 11.3. The van der Waals surface area contributed by atoms with Gasteiger partial charge in [0.15, 0.2) is 0 Å². The first-order valence-corrected chi connectivity index (χ1v) is 10.5. The lowest BCUT2D eigenvalue weighted by Crippen LogP contribution is -2.25. The van der Waals surface area contributed by atoms with E-state index in [9.17, 15) is 9.59 Å². The summed E-state index contributed by atoms with van der Waals surface area (Å²) in [7, 11) is 0. The third-order valence-electron chi connectivity index (χ3n) is 4.93. The Bertz CT molecular complexity index is 1110. The number of anilines is 1. The minimum absolute atomic E-state index is 0.348. The van der Waals surface area contributed by atoms with Gasteiger partial charge in [0, 0.05) is 22.8 Å². The topological polar surface area (TPSA) is 60.3 Å². The molecule has 1 heterocycles. The molecule has 0 aliphatic carbocycles. The van der Waals surface area contributed by atoms with E-state index >= 15 is 0 Å². The number of esters is 1. The number of nitrogens with one attached hydrogen (secondary N) is 1. The van der Waals surface area contributed by atoms with Crippen LogP contribution in [0.3, 0.4) is 0 Å². The van der Waals surface area contributed by atoms with Crippen LogP contribution in [0.1, 0.15) is 58.3 Å². The van der Waals surface area contributed by atoms with E-state index in [4.69, 9.17) is 16.3 Å². The number of nitrogens with zero attached hydrogens (tertiary/aromatic N) is 1. The van der Waals surface area contributed by atoms with Crippen LogP contribution in [0.2, 0.25) is 5.02 Å². The van der Waals surface area contributed by atoms with Crippen molar-refractivity contribution in [2.75, 3.05) is 5.32 Å². The number of halogens is 1. The molecule has 0 fully saturated rings. The Morgan fingerprint density at radius 3 is 2.32 bits per heavy atom. The average molecular weight is 439 g/mol. The number of hydrogen-bond acceptors (Lipinski definition) is 3. The molecule has 3 rings (SSSR count). The zero-order valence-electron chi connectivity index (χ0n) is 18.5. The summed E-state index contributed by atoms with van der Waals surface area (Å²) in [5.41, 5.74) is 2.81. The minimum Gasteiger partial charge on any atom is -0.456 e. The third kappa shape index (κ3) is 5.36. The largest absolute Gasteiger partial charge is 0.456 e. The summed E-state index contributed by atoms with van der Waals surface area (Å²) in [5, 5.41) is 3.40. The van der Waals surface area contributed by atoms with Gasteiger partial charge in [-0.05, 0) is 63.9 Å². The lowest BCUT2D eigenvalue weighted by atomic mass is 10.1. The van der Waals surface area contributed by atoms with E-state index in [-0.39, 0.29) is 5.91 Å². The van der Waals surface area contributed by atoms with Gasteiger partial charge in [-0.15, -0.1) is 0 Å². The van der Waals surface area contributed by atoms with Crippen LogP contribution in [0.15, 0.2) is 54.6 Å². The average Bonchev–Trinajstić information content (AvgIpc) is 2.92. The van der Waals surface area contributed by atoms with E-state index in [1.54, 1.807) is 24.3 Å². The van der Waals surface area contributed by atoms with Crippen LogP contribution in [0.4, 0.5) is 5.82 Å². The Kier molecular flexibility index (Phi) is 6.56. The Balaban J connectivity index is 2.08. The SMILES string of the molecule is Cc1c(C(=O)OC(C)(C)C)c(NC(=O)c2cccc(Cl)c2)n(Cc2ccccc2)c1C. The number of aromatic nitrogens is 1. The first-order chi connectivity index (χ1) is 14.6. The van der Waals surface area contributed by atoms with Crippen molar-refractivity contribution in [3.63, 3.8) is 0 Å². The Morgan fingerprint density at radius 1 is 1.03 bits per heavy atom. The standard InChI is InChI=1S/C25H27ClN2O3/c1-16-17(2)28(15-18-10-7-6-8-11-18)22(21(16)24(30)31-25(3,4)5)27-23(29)19-12-9-13-20(26)14-19/h6-14H,15H2,1-5H3,(H,27,29). The van der Waals surface area contributed by atoms with Gasteiger partial charge >= 0.3 is 5.97 Å². The van der Waals surface area contributed by atoms with Gasteiger partial charge in [-0.25, -0.2) is 4.79 Å². The van der Waals surface area contributed by atoms with E-state index in [1.165, 1.54) is 0 Å². The van der Waals surface area contributed by atoms with Crippen LogP contribution in [0.5, 0.6) is 0 Å². The molecule has 0 saturated carbocycles. The van der Waals surface area contributed by atoms with Crippen LogP contribution < -0.4 is 5.32 Å². The third-order valence-corrected chi connectivity index (χ3v) is 5.17. The molecule has 5 nitrogen and oxygen atoms in total. The second-order valence-electron chi connectivity index (χ2n) is 8.47. The molecule has 0 bridgehead atoms. The molecule has 0 radical (unpaired) electrons. The van der Waals surface area contributed by atoms with Gasteiger partial charge in [-0.2, -0.15) is 0 Å². The molecule has 1 amide bonds. The molecule has 1 N–H and O–H groups in total. The zero-order chi connectivity index (χ0) is 22.8. The molecular weight excluding hydrogens is 412 g/mol. The summed E-state index contributed by atoms with van der Waals surface area (Å²) in [6.45, 7) is 9.75. The maximum atomic E-state index is 13.1. The predicted molar refractivity (Wildman–Crippen MR) is 124 cm³/mol. The lowest BCUT2D eigenvalue weighted by molar-refractivity contribution is 0.00701. The molecule has 0 unspecified atom stereocenters. The number of carbonyl (C=O) groups excluding carboxylic acids is 2. The van der Waals surface area contributed by atoms with Crippen molar-refractivity contribution in [2.45, 2.75) is 46.8 Å². The zero-order valence-corrected chi connectivity index (χ0v) is 19.2. The van der Waals surface area contributed by atoms with Crippen molar-refractivity contribution in [3.8, 4) is 0 Å². The van der Waals surface area contributed by atoms with Crippen LogP contribution in [-0.2, 0) is 11.3 Å². The number of amides is 1. The summed E-state index contributed by atoms with van der Waals surface area (Å²) in [6.07, 6.45) is 0. The second-order valence-corrected chi connectivity index (χ2v) is 8.91. The van der Waals surface area contributed by atoms with Crippen molar-refractivity contribution in [3.05, 3.63) is 87.6 Å². The monoisotopic (exact) mass is 438 g/mol. The highest BCUT2D eigenvalue weighted by atomic mass is 35.5. The van der Waals surface area contributed by atoms with Gasteiger partial charge < -0.3 is 14.6 Å². The molecule has 3 aromatic rings. The first kappa shape index (κ1) is 22.6. The molecule has 0 aliphatic heterocycles. The second kappa shape index (κ2) is 8.98. The lowest BCUT2D eigenvalue weighted by Gasteiger charge is -2.20. The van der Waals surface area contributed by atoms with E-state index in [1.807, 2.05) is 69.5 Å². The summed E-state index contributed by atoms with van der Waals surface area (Å²) >= 11 is 6.05. The predicted octanol–water partition coefficient (Wildman–Crippen LogP) is 6.01. The van der Waals surface area contributed by atoms with E-state index in [0.29, 0.717) is 28.5 Å². The maximum absolute atomic E-state index is 13.1. The van der Waals surface area contributed by atoms with Gasteiger partial charge in [0.1, 0.15) is 17.0 Å². The molecule has 162 valence electrons.